The quantitative estimate of drug-likeness (QED) is 0.802. The molecule has 1 aliphatic carbocycles. The van der Waals surface area contributed by atoms with Crippen molar-refractivity contribution < 1.29 is 9.59 Å². The smallest absolute Gasteiger partial charge is 0.261 e. The van der Waals surface area contributed by atoms with Crippen molar-refractivity contribution in [2.24, 2.45) is 5.73 Å². The van der Waals surface area contributed by atoms with Crippen LogP contribution in [0, 0.1) is 0 Å². The van der Waals surface area contributed by atoms with Crippen LogP contribution in [0.3, 0.4) is 0 Å². The van der Waals surface area contributed by atoms with Crippen molar-refractivity contribution in [2.75, 3.05) is 12.4 Å². The molecule has 3 rings (SSSR count). The maximum absolute atomic E-state index is 12.0. The van der Waals surface area contributed by atoms with Gasteiger partial charge in [0, 0.05) is 24.8 Å². The van der Waals surface area contributed by atoms with Gasteiger partial charge in [0.25, 0.3) is 11.8 Å². The Morgan fingerprint density at radius 1 is 1.20 bits per heavy atom. The molecule has 2 amide bonds. The fourth-order valence-electron chi connectivity index (χ4n) is 3.05. The number of amides is 2. The van der Waals surface area contributed by atoms with Crippen LogP contribution in [-0.2, 0) is 0 Å². The van der Waals surface area contributed by atoms with Crippen LogP contribution in [0.2, 0.25) is 0 Å². The number of carbonyl (C=O) groups excluding carboxylic acids is 2. The molecule has 1 fully saturated rings. The first-order chi connectivity index (χ1) is 9.56. The number of nitrogens with two attached hydrogens (primary N) is 1. The van der Waals surface area contributed by atoms with Crippen LogP contribution in [0.4, 0.5) is 5.69 Å². The van der Waals surface area contributed by atoms with Crippen LogP contribution in [0.1, 0.15) is 46.4 Å². The van der Waals surface area contributed by atoms with Crippen LogP contribution in [0.5, 0.6) is 0 Å². The molecule has 3 N–H and O–H groups in total. The average Bonchev–Trinajstić information content (AvgIpc) is 2.64. The molecule has 2 atom stereocenters. The van der Waals surface area contributed by atoms with Gasteiger partial charge in [0.1, 0.15) is 0 Å². The van der Waals surface area contributed by atoms with E-state index < -0.39 is 0 Å². The van der Waals surface area contributed by atoms with Gasteiger partial charge in [0.15, 0.2) is 0 Å². The molecule has 0 bridgehead atoms. The van der Waals surface area contributed by atoms with Gasteiger partial charge in [-0.2, -0.15) is 0 Å². The number of rotatable bonds is 2. The van der Waals surface area contributed by atoms with E-state index in [1.807, 2.05) is 6.07 Å². The molecule has 1 aromatic carbocycles. The minimum absolute atomic E-state index is 0.226. The van der Waals surface area contributed by atoms with E-state index in [1.165, 1.54) is 7.05 Å². The Balaban J connectivity index is 1.80. The monoisotopic (exact) mass is 273 g/mol. The third-order valence-electron chi connectivity index (χ3n) is 4.18. The van der Waals surface area contributed by atoms with Crippen molar-refractivity contribution in [1.29, 1.82) is 0 Å². The predicted molar refractivity (Wildman–Crippen MR) is 76.7 cm³/mol. The highest BCUT2D eigenvalue weighted by atomic mass is 16.2. The van der Waals surface area contributed by atoms with E-state index in [0.29, 0.717) is 17.2 Å². The van der Waals surface area contributed by atoms with E-state index in [4.69, 9.17) is 5.73 Å². The Bertz CT molecular complexity index is 570. The summed E-state index contributed by atoms with van der Waals surface area (Å²) in [7, 11) is 1.51. The Kier molecular flexibility index (Phi) is 3.22. The minimum atomic E-state index is -0.228. The molecule has 5 heteroatoms. The third-order valence-corrected chi connectivity index (χ3v) is 4.18. The fourth-order valence-corrected chi connectivity index (χ4v) is 3.05. The lowest BCUT2D eigenvalue weighted by Gasteiger charge is -2.28. The first-order valence-corrected chi connectivity index (χ1v) is 7.05. The van der Waals surface area contributed by atoms with Gasteiger partial charge in [-0.15, -0.1) is 0 Å². The largest absolute Gasteiger partial charge is 0.382 e. The molecule has 1 heterocycles. The number of hydrogen-bond donors (Lipinski definition) is 2. The lowest BCUT2D eigenvalue weighted by Crippen LogP contribution is -2.34. The molecular formula is C15H19N3O2. The number of nitrogens with one attached hydrogen (secondary N) is 1. The van der Waals surface area contributed by atoms with Gasteiger partial charge in [0.2, 0.25) is 0 Å². The maximum Gasteiger partial charge on any atom is 0.261 e. The highest BCUT2D eigenvalue weighted by Crippen LogP contribution is 2.27. The van der Waals surface area contributed by atoms with Gasteiger partial charge < -0.3 is 11.1 Å². The Morgan fingerprint density at radius 2 is 1.95 bits per heavy atom. The molecule has 20 heavy (non-hydrogen) atoms. The van der Waals surface area contributed by atoms with E-state index >= 15 is 0 Å². The number of carbonyl (C=O) groups is 2. The van der Waals surface area contributed by atoms with Crippen molar-refractivity contribution in [3.63, 3.8) is 0 Å². The summed E-state index contributed by atoms with van der Waals surface area (Å²) in [5, 5.41) is 3.43. The second kappa shape index (κ2) is 4.90. The number of imide groups is 1. The number of benzene rings is 1. The summed E-state index contributed by atoms with van der Waals surface area (Å²) < 4.78 is 0. The first kappa shape index (κ1) is 13.1. The Labute approximate surface area is 118 Å². The zero-order chi connectivity index (χ0) is 14.3. The van der Waals surface area contributed by atoms with Gasteiger partial charge in [-0.05, 0) is 43.9 Å². The molecule has 1 aliphatic heterocycles. The van der Waals surface area contributed by atoms with Gasteiger partial charge in [0.05, 0.1) is 11.1 Å². The topological polar surface area (TPSA) is 75.4 Å². The van der Waals surface area contributed by atoms with Gasteiger partial charge in [-0.1, -0.05) is 0 Å². The summed E-state index contributed by atoms with van der Waals surface area (Å²) in [5.41, 5.74) is 7.85. The van der Waals surface area contributed by atoms with Crippen LogP contribution in [0.25, 0.3) is 0 Å². The van der Waals surface area contributed by atoms with E-state index in [2.05, 4.69) is 5.32 Å². The number of fused-ring (bicyclic) bond motifs is 1. The fraction of sp³-hybridized carbons (Fsp3) is 0.467. The molecule has 1 saturated carbocycles. The zero-order valence-electron chi connectivity index (χ0n) is 11.6. The van der Waals surface area contributed by atoms with Gasteiger partial charge >= 0.3 is 0 Å². The van der Waals surface area contributed by atoms with Crippen molar-refractivity contribution in [3.8, 4) is 0 Å². The Morgan fingerprint density at radius 3 is 2.70 bits per heavy atom. The highest BCUT2D eigenvalue weighted by Gasteiger charge is 2.32. The zero-order valence-corrected chi connectivity index (χ0v) is 11.6. The molecule has 0 saturated heterocycles. The summed E-state index contributed by atoms with van der Waals surface area (Å²) in [6.07, 6.45) is 4.26. The van der Waals surface area contributed by atoms with Crippen LogP contribution >= 0.6 is 0 Å². The number of anilines is 1. The SMILES string of the molecule is CN1C(=O)c2ccc(NC3CCCC(N)C3)cc2C1=O. The van der Waals surface area contributed by atoms with E-state index in [1.54, 1.807) is 12.1 Å². The lowest BCUT2D eigenvalue weighted by molar-refractivity contribution is 0.0693. The second-order valence-electron chi connectivity index (χ2n) is 5.70. The minimum Gasteiger partial charge on any atom is -0.382 e. The van der Waals surface area contributed by atoms with Gasteiger partial charge in [-0.25, -0.2) is 0 Å². The van der Waals surface area contributed by atoms with Crippen LogP contribution in [0.15, 0.2) is 18.2 Å². The number of nitrogens with zero attached hydrogens (tertiary/aromatic N) is 1. The molecular weight excluding hydrogens is 254 g/mol. The van der Waals surface area contributed by atoms with E-state index in [9.17, 15) is 9.59 Å². The van der Waals surface area contributed by atoms with Crippen molar-refractivity contribution in [3.05, 3.63) is 29.3 Å². The summed E-state index contributed by atoms with van der Waals surface area (Å²) >= 11 is 0. The van der Waals surface area contributed by atoms with Crippen LogP contribution < -0.4 is 11.1 Å². The molecule has 0 aromatic heterocycles. The lowest BCUT2D eigenvalue weighted by atomic mass is 9.91. The molecule has 0 radical (unpaired) electrons. The molecule has 106 valence electrons. The second-order valence-corrected chi connectivity index (χ2v) is 5.70. The molecule has 2 aliphatic rings. The predicted octanol–water partition coefficient (Wildman–Crippen LogP) is 1.59. The summed E-state index contributed by atoms with van der Waals surface area (Å²) in [6.45, 7) is 0. The third kappa shape index (κ3) is 2.18. The molecule has 5 nitrogen and oxygen atoms in total. The standard InChI is InChI=1S/C15H19N3O2/c1-18-14(19)12-6-5-11(8-13(12)15(18)20)17-10-4-2-3-9(16)7-10/h5-6,8-10,17H,2-4,7,16H2,1H3. The van der Waals surface area contributed by atoms with Crippen molar-refractivity contribution in [1.82, 2.24) is 4.90 Å². The van der Waals surface area contributed by atoms with Crippen molar-refractivity contribution >= 4 is 17.5 Å². The summed E-state index contributed by atoms with van der Waals surface area (Å²) in [5.74, 6) is -0.453. The summed E-state index contributed by atoms with van der Waals surface area (Å²) in [6, 6.07) is 5.97. The maximum atomic E-state index is 12.0. The normalized spacial score (nSPS) is 25.8. The summed E-state index contributed by atoms with van der Waals surface area (Å²) in [4.78, 5) is 24.9. The number of hydrogen-bond acceptors (Lipinski definition) is 4. The molecule has 0 spiro atoms. The average molecular weight is 273 g/mol. The molecule has 1 aromatic rings. The highest BCUT2D eigenvalue weighted by molar-refractivity contribution is 6.21. The van der Waals surface area contributed by atoms with Crippen molar-refractivity contribution in [2.45, 2.75) is 37.8 Å². The van der Waals surface area contributed by atoms with E-state index in [0.717, 1.165) is 36.3 Å². The molecule has 2 unspecified atom stereocenters. The van der Waals surface area contributed by atoms with Crippen LogP contribution in [-0.4, -0.2) is 35.8 Å². The van der Waals surface area contributed by atoms with E-state index in [-0.39, 0.29) is 17.9 Å². The van der Waals surface area contributed by atoms with Gasteiger partial charge in [-0.3, -0.25) is 14.5 Å². The first-order valence-electron chi connectivity index (χ1n) is 7.05. The Hall–Kier alpha value is -1.88.